The number of aromatic hydroxyl groups is 1. The highest BCUT2D eigenvalue weighted by Gasteiger charge is 2.47. The van der Waals surface area contributed by atoms with Gasteiger partial charge in [0.15, 0.2) is 0 Å². The number of phenolic OH excluding ortho intramolecular Hbond substituents is 1. The fourth-order valence-corrected chi connectivity index (χ4v) is 4.97. The van der Waals surface area contributed by atoms with E-state index in [4.69, 9.17) is 9.47 Å². The number of methoxy groups -OCH3 is 1. The molecule has 5 rings (SSSR count). The normalized spacial score (nSPS) is 16.6. The average Bonchev–Trinajstić information content (AvgIpc) is 3.23. The van der Waals surface area contributed by atoms with Gasteiger partial charge in [-0.1, -0.05) is 51.1 Å². The Morgan fingerprint density at radius 1 is 0.829 bits per heavy atom. The van der Waals surface area contributed by atoms with Gasteiger partial charge >= 0.3 is 0 Å². The molecule has 1 saturated heterocycles. The van der Waals surface area contributed by atoms with Crippen LogP contribution in [0.3, 0.4) is 0 Å². The van der Waals surface area contributed by atoms with Gasteiger partial charge in [-0.2, -0.15) is 0 Å². The van der Waals surface area contributed by atoms with Crippen molar-refractivity contribution in [2.45, 2.75) is 32.2 Å². The summed E-state index contributed by atoms with van der Waals surface area (Å²) in [5.74, 6) is 0.0513. The molecule has 0 spiro atoms. The summed E-state index contributed by atoms with van der Waals surface area (Å²) < 4.78 is 11.4. The standard InChI is InChI=1S/C34H31NO6/c1-34(2,3)27-20-22(12-19-28(27)40-4)31(37)29-30(21-10-15-24(36)16-11-21)35(33(39)32(29)38)23-13-17-26(18-14-23)41-25-8-6-5-7-9-25/h5-20,30,36-37H,1-4H3/b31-29-. The van der Waals surface area contributed by atoms with E-state index in [2.05, 4.69) is 0 Å². The number of aliphatic hydroxyl groups is 1. The number of amides is 1. The summed E-state index contributed by atoms with van der Waals surface area (Å²) in [5.41, 5.74) is 1.88. The lowest BCUT2D eigenvalue weighted by Gasteiger charge is -2.26. The van der Waals surface area contributed by atoms with Crippen molar-refractivity contribution in [1.82, 2.24) is 0 Å². The first-order valence-electron chi connectivity index (χ1n) is 13.2. The van der Waals surface area contributed by atoms with Gasteiger partial charge < -0.3 is 19.7 Å². The Morgan fingerprint density at radius 3 is 2.07 bits per heavy atom. The van der Waals surface area contributed by atoms with E-state index in [-0.39, 0.29) is 22.5 Å². The Morgan fingerprint density at radius 2 is 1.46 bits per heavy atom. The van der Waals surface area contributed by atoms with Gasteiger partial charge in [-0.3, -0.25) is 14.5 Å². The summed E-state index contributed by atoms with van der Waals surface area (Å²) >= 11 is 0. The highest BCUT2D eigenvalue weighted by Crippen LogP contribution is 2.44. The molecule has 1 aliphatic rings. The molecule has 1 amide bonds. The van der Waals surface area contributed by atoms with Gasteiger partial charge in [-0.25, -0.2) is 0 Å². The van der Waals surface area contributed by atoms with Crippen LogP contribution >= 0.6 is 0 Å². The SMILES string of the molecule is COc1ccc(/C(O)=C2/C(=O)C(=O)N(c3ccc(Oc4ccccc4)cc3)C2c2ccc(O)cc2)cc1C(C)(C)C. The number of anilines is 1. The number of aliphatic hydroxyl groups excluding tert-OH is 1. The third-order valence-corrected chi connectivity index (χ3v) is 7.03. The molecule has 7 heteroatoms. The average molecular weight is 550 g/mol. The molecule has 0 radical (unpaired) electrons. The number of Topliss-reactive ketones (excluding diaryl/α,β-unsaturated/α-hetero) is 1. The maximum atomic E-state index is 13.6. The van der Waals surface area contributed by atoms with Crippen LogP contribution in [0, 0.1) is 0 Å². The van der Waals surface area contributed by atoms with E-state index in [0.29, 0.717) is 34.1 Å². The summed E-state index contributed by atoms with van der Waals surface area (Å²) in [6.45, 7) is 6.07. The number of carbonyl (C=O) groups excluding carboxylic acids is 2. The lowest BCUT2D eigenvalue weighted by atomic mass is 9.84. The number of nitrogens with zero attached hydrogens (tertiary/aromatic N) is 1. The number of phenols is 1. The minimum Gasteiger partial charge on any atom is -0.508 e. The van der Waals surface area contributed by atoms with Gasteiger partial charge in [-0.15, -0.1) is 0 Å². The van der Waals surface area contributed by atoms with E-state index >= 15 is 0 Å². The van der Waals surface area contributed by atoms with Gasteiger partial charge in [-0.05, 0) is 77.7 Å². The molecule has 208 valence electrons. The zero-order valence-corrected chi connectivity index (χ0v) is 23.3. The van der Waals surface area contributed by atoms with E-state index in [1.165, 1.54) is 17.0 Å². The Balaban J connectivity index is 1.61. The fourth-order valence-electron chi connectivity index (χ4n) is 4.97. The molecule has 0 saturated carbocycles. The van der Waals surface area contributed by atoms with E-state index in [1.807, 2.05) is 51.1 Å². The maximum Gasteiger partial charge on any atom is 0.300 e. The first-order chi connectivity index (χ1) is 19.6. The van der Waals surface area contributed by atoms with Crippen molar-refractivity contribution in [2.24, 2.45) is 0 Å². The highest BCUT2D eigenvalue weighted by molar-refractivity contribution is 6.51. The first-order valence-corrected chi connectivity index (χ1v) is 13.2. The summed E-state index contributed by atoms with van der Waals surface area (Å²) in [6.07, 6.45) is 0. The van der Waals surface area contributed by atoms with Gasteiger partial charge in [0.2, 0.25) is 0 Å². The monoisotopic (exact) mass is 549 g/mol. The molecule has 2 N–H and O–H groups in total. The topological polar surface area (TPSA) is 96.3 Å². The van der Waals surface area contributed by atoms with Crippen LogP contribution in [-0.4, -0.2) is 29.0 Å². The molecule has 1 aliphatic heterocycles. The van der Waals surface area contributed by atoms with Crippen molar-refractivity contribution in [1.29, 1.82) is 0 Å². The molecule has 4 aromatic rings. The van der Waals surface area contributed by atoms with Crippen molar-refractivity contribution < 1.29 is 29.3 Å². The Bertz CT molecular complexity index is 1620. The zero-order chi connectivity index (χ0) is 29.3. The van der Waals surface area contributed by atoms with Crippen LogP contribution in [0.2, 0.25) is 0 Å². The van der Waals surface area contributed by atoms with Crippen LogP contribution in [0.5, 0.6) is 23.0 Å². The van der Waals surface area contributed by atoms with E-state index in [0.717, 1.165) is 5.56 Å². The molecule has 7 nitrogen and oxygen atoms in total. The van der Waals surface area contributed by atoms with Crippen LogP contribution in [0.4, 0.5) is 5.69 Å². The summed E-state index contributed by atoms with van der Waals surface area (Å²) in [6, 6.07) is 26.6. The van der Waals surface area contributed by atoms with Gasteiger partial charge in [0.25, 0.3) is 11.7 Å². The predicted molar refractivity (Wildman–Crippen MR) is 158 cm³/mol. The number of rotatable bonds is 6. The molecular weight excluding hydrogens is 518 g/mol. The van der Waals surface area contributed by atoms with E-state index in [9.17, 15) is 19.8 Å². The number of para-hydroxylation sites is 1. The van der Waals surface area contributed by atoms with Gasteiger partial charge in [0.1, 0.15) is 28.8 Å². The molecule has 41 heavy (non-hydrogen) atoms. The largest absolute Gasteiger partial charge is 0.508 e. The van der Waals surface area contributed by atoms with Gasteiger partial charge in [0, 0.05) is 16.8 Å². The van der Waals surface area contributed by atoms with Crippen molar-refractivity contribution in [3.8, 4) is 23.0 Å². The van der Waals surface area contributed by atoms with Crippen LogP contribution < -0.4 is 14.4 Å². The molecular formula is C34H31NO6. The fraction of sp³-hybridized carbons (Fsp3) is 0.176. The van der Waals surface area contributed by atoms with Crippen LogP contribution in [0.15, 0.2) is 103 Å². The quantitative estimate of drug-likeness (QED) is 0.151. The second kappa shape index (κ2) is 10.8. The Hall–Kier alpha value is -5.04. The molecule has 1 fully saturated rings. The third kappa shape index (κ3) is 5.39. The highest BCUT2D eigenvalue weighted by atomic mass is 16.5. The molecule has 0 aliphatic carbocycles. The molecule has 0 aromatic heterocycles. The first kappa shape index (κ1) is 27.5. The summed E-state index contributed by atoms with van der Waals surface area (Å²) in [7, 11) is 1.58. The smallest absolute Gasteiger partial charge is 0.300 e. The van der Waals surface area contributed by atoms with E-state index < -0.39 is 17.7 Å². The summed E-state index contributed by atoms with van der Waals surface area (Å²) in [5, 5.41) is 21.5. The van der Waals surface area contributed by atoms with Crippen LogP contribution in [-0.2, 0) is 15.0 Å². The second-order valence-electron chi connectivity index (χ2n) is 10.8. The lowest BCUT2D eigenvalue weighted by molar-refractivity contribution is -0.132. The molecule has 4 aromatic carbocycles. The van der Waals surface area contributed by atoms with Crippen molar-refractivity contribution in [3.63, 3.8) is 0 Å². The molecule has 0 bridgehead atoms. The maximum absolute atomic E-state index is 13.6. The predicted octanol–water partition coefficient (Wildman–Crippen LogP) is 7.12. The van der Waals surface area contributed by atoms with Crippen molar-refractivity contribution in [2.75, 3.05) is 12.0 Å². The lowest BCUT2D eigenvalue weighted by Crippen LogP contribution is -2.29. The molecule has 1 unspecified atom stereocenters. The van der Waals surface area contributed by atoms with Gasteiger partial charge in [0.05, 0.1) is 18.7 Å². The number of ether oxygens (including phenoxy) is 2. The van der Waals surface area contributed by atoms with Crippen LogP contribution in [0.25, 0.3) is 5.76 Å². The number of carbonyl (C=O) groups is 2. The van der Waals surface area contributed by atoms with E-state index in [1.54, 1.807) is 61.7 Å². The van der Waals surface area contributed by atoms with Crippen LogP contribution in [0.1, 0.15) is 43.5 Å². The summed E-state index contributed by atoms with van der Waals surface area (Å²) in [4.78, 5) is 28.5. The van der Waals surface area contributed by atoms with Crippen molar-refractivity contribution in [3.05, 3.63) is 119 Å². The molecule has 1 heterocycles. The minimum absolute atomic E-state index is 0.0399. The number of hydrogen-bond acceptors (Lipinski definition) is 6. The Labute approximate surface area is 238 Å². The molecule has 1 atom stereocenters. The zero-order valence-electron chi connectivity index (χ0n) is 23.3. The number of benzene rings is 4. The Kier molecular flexibility index (Phi) is 7.28. The third-order valence-electron chi connectivity index (χ3n) is 7.03. The second-order valence-corrected chi connectivity index (χ2v) is 10.8. The van der Waals surface area contributed by atoms with Crippen molar-refractivity contribution >= 4 is 23.1 Å². The number of ketones is 1. The number of hydrogen-bond donors (Lipinski definition) is 2. The minimum atomic E-state index is -0.934.